The van der Waals surface area contributed by atoms with Crippen LogP contribution in [0.25, 0.3) is 0 Å². The van der Waals surface area contributed by atoms with Crippen LogP contribution in [0.1, 0.15) is 11.1 Å². The lowest BCUT2D eigenvalue weighted by molar-refractivity contribution is -0.118. The molecule has 2 aromatic carbocycles. The second-order valence-corrected chi connectivity index (χ2v) is 8.46. The van der Waals surface area contributed by atoms with Crippen molar-refractivity contribution in [3.8, 4) is 11.8 Å². The Hall–Kier alpha value is -3.42. The molecule has 0 saturated heterocycles. The molecule has 2 amide bonds. The number of nitrogens with one attached hydrogen (secondary N) is 2. The molecule has 0 saturated carbocycles. The van der Waals surface area contributed by atoms with E-state index in [1.165, 1.54) is 19.2 Å². The van der Waals surface area contributed by atoms with E-state index in [4.69, 9.17) is 10.00 Å². The van der Waals surface area contributed by atoms with Gasteiger partial charge < -0.3 is 15.4 Å². The summed E-state index contributed by atoms with van der Waals surface area (Å²) in [5.74, 6) is -0.590. The van der Waals surface area contributed by atoms with Gasteiger partial charge in [-0.05, 0) is 42.8 Å². The van der Waals surface area contributed by atoms with Crippen LogP contribution in [0, 0.1) is 18.3 Å². The Morgan fingerprint density at radius 3 is 2.66 bits per heavy atom. The fourth-order valence-electron chi connectivity index (χ4n) is 2.78. The van der Waals surface area contributed by atoms with Crippen molar-refractivity contribution in [3.05, 3.63) is 47.5 Å². The Labute approximate surface area is 167 Å². The van der Waals surface area contributed by atoms with Crippen molar-refractivity contribution in [2.45, 2.75) is 11.8 Å². The molecule has 2 N–H and O–H groups in total. The lowest BCUT2D eigenvalue weighted by Gasteiger charge is -2.22. The summed E-state index contributed by atoms with van der Waals surface area (Å²) in [5.41, 5.74) is 1.71. The zero-order valence-corrected chi connectivity index (χ0v) is 16.5. The number of fused-ring (bicyclic) bond motifs is 1. The Morgan fingerprint density at radius 1 is 1.31 bits per heavy atom. The van der Waals surface area contributed by atoms with Crippen molar-refractivity contribution in [3.63, 3.8) is 0 Å². The lowest BCUT2D eigenvalue weighted by atomic mass is 10.2. The first kappa shape index (κ1) is 20.3. The fraction of sp³-hybridized carbons (Fsp3) is 0.211. The molecule has 150 valence electrons. The molecule has 10 heteroatoms. The molecule has 2 aromatic rings. The maximum Gasteiger partial charge on any atom is 0.262 e. The number of aryl methyl sites for hydroxylation is 1. The Morgan fingerprint density at radius 2 is 2.00 bits per heavy atom. The zero-order valence-electron chi connectivity index (χ0n) is 15.7. The van der Waals surface area contributed by atoms with Gasteiger partial charge in [-0.25, -0.2) is 8.42 Å². The van der Waals surface area contributed by atoms with Gasteiger partial charge in [-0.3, -0.25) is 9.59 Å². The standard InChI is InChI=1S/C19H18N4O5S/c1-12-7-15-16(28-11-19(25)22-15)8-17(12)29(26,27)23(2)10-18(24)21-14-5-3-13(9-20)4-6-14/h3-8H,10-11H2,1-2H3,(H,21,24)(H,22,25). The first-order valence-electron chi connectivity index (χ1n) is 8.54. The molecule has 29 heavy (non-hydrogen) atoms. The number of hydrogen-bond donors (Lipinski definition) is 2. The summed E-state index contributed by atoms with van der Waals surface area (Å²) < 4.78 is 32.1. The summed E-state index contributed by atoms with van der Waals surface area (Å²) in [6.45, 7) is 0.993. The van der Waals surface area contributed by atoms with E-state index in [2.05, 4.69) is 10.6 Å². The third kappa shape index (κ3) is 4.37. The third-order valence-corrected chi connectivity index (χ3v) is 6.21. The van der Waals surface area contributed by atoms with Crippen LogP contribution in [0.3, 0.4) is 0 Å². The van der Waals surface area contributed by atoms with Crippen LogP contribution in [0.4, 0.5) is 11.4 Å². The van der Waals surface area contributed by atoms with Gasteiger partial charge in [0, 0.05) is 18.8 Å². The molecule has 1 aliphatic rings. The molecule has 1 aliphatic heterocycles. The normalized spacial score (nSPS) is 13.1. The van der Waals surface area contributed by atoms with E-state index in [1.807, 2.05) is 6.07 Å². The maximum absolute atomic E-state index is 12.9. The zero-order chi connectivity index (χ0) is 21.2. The largest absolute Gasteiger partial charge is 0.482 e. The van der Waals surface area contributed by atoms with E-state index in [9.17, 15) is 18.0 Å². The summed E-state index contributed by atoms with van der Waals surface area (Å²) in [6, 6.07) is 11.0. The number of nitriles is 1. The van der Waals surface area contributed by atoms with Crippen LogP contribution in [-0.4, -0.2) is 44.7 Å². The van der Waals surface area contributed by atoms with Crippen LogP contribution in [0.5, 0.6) is 5.75 Å². The molecule has 3 rings (SSSR count). The Balaban J connectivity index is 1.75. The first-order chi connectivity index (χ1) is 13.7. The average molecular weight is 414 g/mol. The van der Waals surface area contributed by atoms with Gasteiger partial charge in [-0.1, -0.05) is 0 Å². The molecular formula is C19H18N4O5S. The van der Waals surface area contributed by atoms with Crippen molar-refractivity contribution >= 4 is 33.2 Å². The van der Waals surface area contributed by atoms with Crippen molar-refractivity contribution in [1.82, 2.24) is 4.31 Å². The van der Waals surface area contributed by atoms with Crippen molar-refractivity contribution in [1.29, 1.82) is 5.26 Å². The first-order valence-corrected chi connectivity index (χ1v) is 9.98. The van der Waals surface area contributed by atoms with Gasteiger partial charge in [0.25, 0.3) is 5.91 Å². The number of hydrogen-bond acceptors (Lipinski definition) is 6. The number of carbonyl (C=O) groups is 2. The van der Waals surface area contributed by atoms with E-state index in [1.54, 1.807) is 31.2 Å². The number of benzene rings is 2. The number of carbonyl (C=O) groups excluding carboxylic acids is 2. The molecule has 0 bridgehead atoms. The number of likely N-dealkylation sites (N-methyl/N-ethyl adjacent to an activating group) is 1. The van der Waals surface area contributed by atoms with Crippen molar-refractivity contribution < 1.29 is 22.7 Å². The summed E-state index contributed by atoms with van der Waals surface area (Å²) in [4.78, 5) is 23.7. The summed E-state index contributed by atoms with van der Waals surface area (Å²) in [5, 5.41) is 14.0. The summed E-state index contributed by atoms with van der Waals surface area (Å²) >= 11 is 0. The van der Waals surface area contributed by atoms with Gasteiger partial charge in [-0.15, -0.1) is 0 Å². The van der Waals surface area contributed by atoms with E-state index in [0.717, 1.165) is 4.31 Å². The SMILES string of the molecule is Cc1cc2c(cc1S(=O)(=O)N(C)CC(=O)Nc1ccc(C#N)cc1)OCC(=O)N2. The van der Waals surface area contributed by atoms with E-state index < -0.39 is 22.5 Å². The second kappa shape index (κ2) is 7.90. The van der Waals surface area contributed by atoms with Gasteiger partial charge >= 0.3 is 0 Å². The highest BCUT2D eigenvalue weighted by Crippen LogP contribution is 2.33. The number of sulfonamides is 1. The van der Waals surface area contributed by atoms with Gasteiger partial charge in [-0.2, -0.15) is 9.57 Å². The van der Waals surface area contributed by atoms with Gasteiger partial charge in [0.2, 0.25) is 15.9 Å². The number of ether oxygens (including phenoxy) is 1. The summed E-state index contributed by atoms with van der Waals surface area (Å²) in [6.07, 6.45) is 0. The number of nitrogens with zero attached hydrogens (tertiary/aromatic N) is 2. The highest BCUT2D eigenvalue weighted by molar-refractivity contribution is 7.89. The molecule has 0 spiro atoms. The second-order valence-electron chi connectivity index (χ2n) is 6.45. The molecule has 0 atom stereocenters. The van der Waals surface area contributed by atoms with Gasteiger partial charge in [0.05, 0.1) is 28.8 Å². The minimum atomic E-state index is -3.98. The van der Waals surface area contributed by atoms with Crippen molar-refractivity contribution in [2.24, 2.45) is 0 Å². The number of anilines is 2. The molecule has 0 fully saturated rings. The number of amides is 2. The topological polar surface area (TPSA) is 129 Å². The molecular weight excluding hydrogens is 396 g/mol. The highest BCUT2D eigenvalue weighted by atomic mass is 32.2. The quantitative estimate of drug-likeness (QED) is 0.762. The molecule has 0 aromatic heterocycles. The van der Waals surface area contributed by atoms with Crippen molar-refractivity contribution in [2.75, 3.05) is 30.8 Å². The number of rotatable bonds is 5. The Kier molecular flexibility index (Phi) is 5.54. The van der Waals surface area contributed by atoms with Crippen LogP contribution < -0.4 is 15.4 Å². The van der Waals surface area contributed by atoms with Crippen LogP contribution >= 0.6 is 0 Å². The Bertz CT molecular complexity index is 1120. The van der Waals surface area contributed by atoms with Crippen LogP contribution in [-0.2, 0) is 19.6 Å². The highest BCUT2D eigenvalue weighted by Gasteiger charge is 2.28. The van der Waals surface area contributed by atoms with E-state index in [0.29, 0.717) is 22.5 Å². The molecule has 1 heterocycles. The predicted molar refractivity (Wildman–Crippen MR) is 105 cm³/mol. The molecule has 0 unspecified atom stereocenters. The molecule has 9 nitrogen and oxygen atoms in total. The van der Waals surface area contributed by atoms with E-state index in [-0.39, 0.29) is 23.2 Å². The van der Waals surface area contributed by atoms with E-state index >= 15 is 0 Å². The fourth-order valence-corrected chi connectivity index (χ4v) is 4.12. The third-order valence-electron chi connectivity index (χ3n) is 4.26. The van der Waals surface area contributed by atoms with Gasteiger partial charge in [0.1, 0.15) is 5.75 Å². The minimum absolute atomic E-state index is 0.0129. The maximum atomic E-state index is 12.9. The van der Waals surface area contributed by atoms with Gasteiger partial charge in [0.15, 0.2) is 6.61 Å². The monoisotopic (exact) mass is 414 g/mol. The molecule has 0 radical (unpaired) electrons. The van der Waals surface area contributed by atoms with Crippen LogP contribution in [0.2, 0.25) is 0 Å². The lowest BCUT2D eigenvalue weighted by Crippen LogP contribution is -2.35. The average Bonchev–Trinajstić information content (AvgIpc) is 2.67. The smallest absolute Gasteiger partial charge is 0.262 e. The predicted octanol–water partition coefficient (Wildman–Crippen LogP) is 1.46. The summed E-state index contributed by atoms with van der Waals surface area (Å²) in [7, 11) is -2.68. The minimum Gasteiger partial charge on any atom is -0.482 e. The van der Waals surface area contributed by atoms with Crippen LogP contribution in [0.15, 0.2) is 41.3 Å². The molecule has 0 aliphatic carbocycles.